The van der Waals surface area contributed by atoms with Crippen molar-refractivity contribution in [1.82, 2.24) is 0 Å². The zero-order valence-electron chi connectivity index (χ0n) is 9.36. The lowest BCUT2D eigenvalue weighted by molar-refractivity contribution is -0.115. The van der Waals surface area contributed by atoms with Crippen LogP contribution in [-0.4, -0.2) is 26.3 Å². The highest BCUT2D eigenvalue weighted by Crippen LogP contribution is 2.08. The van der Waals surface area contributed by atoms with Crippen LogP contribution in [0.3, 0.4) is 0 Å². The van der Waals surface area contributed by atoms with Gasteiger partial charge in [-0.3, -0.25) is 4.79 Å². The molecule has 1 N–H and O–H groups in total. The lowest BCUT2D eigenvalue weighted by Gasteiger charge is -2.04. The molecule has 0 unspecified atom stereocenters. The molecule has 0 atom stereocenters. The number of benzene rings is 1. The summed E-state index contributed by atoms with van der Waals surface area (Å²) in [4.78, 5) is 11.4. The minimum absolute atomic E-state index is 0.00723. The fraction of sp³-hybridized carbons (Fsp3) is 0.364. The number of anilines is 1. The molecule has 0 heterocycles. The second-order valence-electron chi connectivity index (χ2n) is 3.79. The van der Waals surface area contributed by atoms with E-state index in [1.54, 1.807) is 12.1 Å². The Morgan fingerprint density at radius 1 is 1.25 bits per heavy atom. The molecule has 0 fully saturated rings. The van der Waals surface area contributed by atoms with Crippen LogP contribution in [0.25, 0.3) is 0 Å². The smallest absolute Gasteiger partial charge is 0.225 e. The van der Waals surface area contributed by atoms with Gasteiger partial charge < -0.3 is 5.32 Å². The first-order valence-corrected chi connectivity index (χ1v) is 6.97. The Labute approximate surface area is 95.6 Å². The summed E-state index contributed by atoms with van der Waals surface area (Å²) in [6.45, 7) is 1.95. The van der Waals surface area contributed by atoms with Crippen LogP contribution in [0.5, 0.6) is 0 Å². The Morgan fingerprint density at radius 2 is 1.81 bits per heavy atom. The number of carbonyl (C=O) groups is 1. The molecule has 0 aliphatic rings. The van der Waals surface area contributed by atoms with Crippen LogP contribution in [0.1, 0.15) is 12.0 Å². The summed E-state index contributed by atoms with van der Waals surface area (Å²) in [6, 6.07) is 7.33. The third-order valence-electron chi connectivity index (χ3n) is 2.04. The van der Waals surface area contributed by atoms with Crippen LogP contribution in [0.2, 0.25) is 0 Å². The van der Waals surface area contributed by atoms with Crippen molar-refractivity contribution in [3.05, 3.63) is 29.8 Å². The van der Waals surface area contributed by atoms with E-state index >= 15 is 0 Å². The van der Waals surface area contributed by atoms with Gasteiger partial charge in [0.15, 0.2) is 0 Å². The van der Waals surface area contributed by atoms with Crippen molar-refractivity contribution >= 4 is 21.4 Å². The third-order valence-corrected chi connectivity index (χ3v) is 2.98. The van der Waals surface area contributed by atoms with E-state index in [0.29, 0.717) is 5.69 Å². The van der Waals surface area contributed by atoms with Crippen LogP contribution in [0.15, 0.2) is 24.3 Å². The maximum atomic E-state index is 11.4. The molecule has 0 saturated heterocycles. The summed E-state index contributed by atoms with van der Waals surface area (Å²) in [5.74, 6) is -0.403. The molecule has 0 saturated carbocycles. The maximum absolute atomic E-state index is 11.4. The van der Waals surface area contributed by atoms with Gasteiger partial charge in [-0.25, -0.2) is 8.42 Å². The first kappa shape index (κ1) is 12.7. The van der Waals surface area contributed by atoms with Gasteiger partial charge in [0.2, 0.25) is 5.91 Å². The topological polar surface area (TPSA) is 63.2 Å². The molecule has 0 spiro atoms. The quantitative estimate of drug-likeness (QED) is 0.866. The third kappa shape index (κ3) is 4.93. The number of carbonyl (C=O) groups excluding carboxylic acids is 1. The van der Waals surface area contributed by atoms with E-state index < -0.39 is 9.84 Å². The Morgan fingerprint density at radius 3 is 2.31 bits per heavy atom. The molecular weight excluding hydrogens is 226 g/mol. The van der Waals surface area contributed by atoms with Gasteiger partial charge in [-0.05, 0) is 19.1 Å². The summed E-state index contributed by atoms with van der Waals surface area (Å²) < 4.78 is 21.7. The summed E-state index contributed by atoms with van der Waals surface area (Å²) in [7, 11) is -3.08. The molecule has 0 bridgehead atoms. The molecule has 1 aromatic rings. The summed E-state index contributed by atoms with van der Waals surface area (Å²) in [6.07, 6.45) is 1.11. The first-order valence-electron chi connectivity index (χ1n) is 4.91. The van der Waals surface area contributed by atoms with E-state index in [1.807, 2.05) is 19.1 Å². The normalized spacial score (nSPS) is 11.1. The highest BCUT2D eigenvalue weighted by atomic mass is 32.2. The summed E-state index contributed by atoms with van der Waals surface area (Å²) in [5.41, 5.74) is 1.79. The van der Waals surface area contributed by atoms with Crippen molar-refractivity contribution in [2.75, 3.05) is 17.3 Å². The van der Waals surface area contributed by atoms with E-state index in [2.05, 4.69) is 5.32 Å². The number of hydrogen-bond donors (Lipinski definition) is 1. The van der Waals surface area contributed by atoms with E-state index in [0.717, 1.165) is 11.8 Å². The maximum Gasteiger partial charge on any atom is 0.225 e. The van der Waals surface area contributed by atoms with Crippen LogP contribution < -0.4 is 5.32 Å². The standard InChI is InChI=1S/C11H15NO3S/c1-9-3-5-10(6-4-9)12-11(13)7-8-16(2,14)15/h3-6H,7-8H2,1-2H3,(H,12,13). The van der Waals surface area contributed by atoms with Gasteiger partial charge in [-0.2, -0.15) is 0 Å². The lowest BCUT2D eigenvalue weighted by Crippen LogP contribution is -2.16. The highest BCUT2D eigenvalue weighted by Gasteiger charge is 2.07. The summed E-state index contributed by atoms with van der Waals surface area (Å²) >= 11 is 0. The Hall–Kier alpha value is -1.36. The second kappa shape index (κ2) is 5.12. The average Bonchev–Trinajstić information content (AvgIpc) is 2.18. The van der Waals surface area contributed by atoms with Gasteiger partial charge in [0.1, 0.15) is 9.84 Å². The lowest BCUT2D eigenvalue weighted by atomic mass is 10.2. The molecule has 1 amide bonds. The average molecular weight is 241 g/mol. The number of hydrogen-bond acceptors (Lipinski definition) is 3. The van der Waals surface area contributed by atoms with Crippen LogP contribution in [-0.2, 0) is 14.6 Å². The predicted octanol–water partition coefficient (Wildman–Crippen LogP) is 1.37. The van der Waals surface area contributed by atoms with Crippen molar-refractivity contribution in [1.29, 1.82) is 0 Å². The molecule has 5 heteroatoms. The van der Waals surface area contributed by atoms with E-state index in [4.69, 9.17) is 0 Å². The van der Waals surface area contributed by atoms with E-state index in [1.165, 1.54) is 0 Å². The molecule has 4 nitrogen and oxygen atoms in total. The van der Waals surface area contributed by atoms with Crippen LogP contribution in [0.4, 0.5) is 5.69 Å². The summed E-state index contributed by atoms with van der Waals surface area (Å²) in [5, 5.41) is 2.64. The Kier molecular flexibility index (Phi) is 4.06. The van der Waals surface area contributed by atoms with Crippen molar-refractivity contribution in [3.8, 4) is 0 Å². The minimum atomic E-state index is -3.08. The number of sulfone groups is 1. The zero-order chi connectivity index (χ0) is 12.2. The molecule has 0 aliphatic carbocycles. The Balaban J connectivity index is 2.49. The molecule has 16 heavy (non-hydrogen) atoms. The molecular formula is C11H15NO3S. The van der Waals surface area contributed by atoms with Gasteiger partial charge in [-0.1, -0.05) is 17.7 Å². The number of amides is 1. The molecule has 0 radical (unpaired) electrons. The van der Waals surface area contributed by atoms with Crippen molar-refractivity contribution in [3.63, 3.8) is 0 Å². The fourth-order valence-electron chi connectivity index (χ4n) is 1.14. The van der Waals surface area contributed by atoms with Gasteiger partial charge in [-0.15, -0.1) is 0 Å². The van der Waals surface area contributed by atoms with Gasteiger partial charge in [0.05, 0.1) is 5.75 Å². The molecule has 1 rings (SSSR count). The Bertz CT molecular complexity index is 463. The van der Waals surface area contributed by atoms with Crippen molar-refractivity contribution in [2.24, 2.45) is 0 Å². The highest BCUT2D eigenvalue weighted by molar-refractivity contribution is 7.90. The number of rotatable bonds is 4. The minimum Gasteiger partial charge on any atom is -0.326 e. The SMILES string of the molecule is Cc1ccc(NC(=O)CCS(C)(=O)=O)cc1. The largest absolute Gasteiger partial charge is 0.326 e. The first-order chi connectivity index (χ1) is 7.37. The van der Waals surface area contributed by atoms with E-state index in [9.17, 15) is 13.2 Å². The van der Waals surface area contributed by atoms with Crippen LogP contribution in [0, 0.1) is 6.92 Å². The predicted molar refractivity (Wildman–Crippen MR) is 64.1 cm³/mol. The van der Waals surface area contributed by atoms with Crippen molar-refractivity contribution in [2.45, 2.75) is 13.3 Å². The molecule has 1 aromatic carbocycles. The van der Waals surface area contributed by atoms with Crippen molar-refractivity contribution < 1.29 is 13.2 Å². The van der Waals surface area contributed by atoms with Gasteiger partial charge >= 0.3 is 0 Å². The molecule has 0 aromatic heterocycles. The second-order valence-corrected chi connectivity index (χ2v) is 6.05. The number of aryl methyl sites for hydroxylation is 1. The number of nitrogens with one attached hydrogen (secondary N) is 1. The molecule has 88 valence electrons. The van der Waals surface area contributed by atoms with E-state index in [-0.39, 0.29) is 18.1 Å². The molecule has 0 aliphatic heterocycles. The van der Waals surface area contributed by atoms with Gasteiger partial charge in [0.25, 0.3) is 0 Å². The van der Waals surface area contributed by atoms with Gasteiger partial charge in [0, 0.05) is 18.4 Å². The van der Waals surface area contributed by atoms with Crippen LogP contribution >= 0.6 is 0 Å². The monoisotopic (exact) mass is 241 g/mol. The zero-order valence-corrected chi connectivity index (χ0v) is 10.2. The fourth-order valence-corrected chi connectivity index (χ4v) is 1.69.